The van der Waals surface area contributed by atoms with Gasteiger partial charge in [0.2, 0.25) is 0 Å². The minimum absolute atomic E-state index is 1.23. The average molecular weight is 589 g/mol. The molecule has 0 fully saturated rings. The summed E-state index contributed by atoms with van der Waals surface area (Å²) in [5.74, 6) is 0. The van der Waals surface area contributed by atoms with Gasteiger partial charge in [-0.25, -0.2) is 0 Å². The summed E-state index contributed by atoms with van der Waals surface area (Å²) in [5, 5.41) is 7.76. The molecular formula is C44H28S. The van der Waals surface area contributed by atoms with Crippen molar-refractivity contribution in [2.75, 3.05) is 0 Å². The summed E-state index contributed by atoms with van der Waals surface area (Å²) in [6.45, 7) is 0. The number of fused-ring (bicyclic) bond motifs is 5. The van der Waals surface area contributed by atoms with E-state index < -0.39 is 0 Å². The first-order valence-corrected chi connectivity index (χ1v) is 16.3. The largest absolute Gasteiger partial charge is 0.135 e. The van der Waals surface area contributed by atoms with Crippen LogP contribution in [0.25, 0.3) is 86.2 Å². The Balaban J connectivity index is 1.40. The SMILES string of the molecule is c1ccc(-c2ccccc2-c2c3ccccc3c(-c3cccc4sc5c(-c6ccccc6)cccc5c34)c3ccccc23)cc1. The summed E-state index contributed by atoms with van der Waals surface area (Å²) < 4.78 is 2.66. The van der Waals surface area contributed by atoms with Gasteiger partial charge in [0.25, 0.3) is 0 Å². The highest BCUT2D eigenvalue weighted by Crippen LogP contribution is 2.50. The Kier molecular flexibility index (Phi) is 6.11. The Hall–Kier alpha value is -5.50. The van der Waals surface area contributed by atoms with Crippen molar-refractivity contribution in [1.82, 2.24) is 0 Å². The molecule has 45 heavy (non-hydrogen) atoms. The second kappa shape index (κ2) is 10.6. The first-order valence-electron chi connectivity index (χ1n) is 15.4. The van der Waals surface area contributed by atoms with E-state index in [1.54, 1.807) is 0 Å². The molecule has 0 aliphatic rings. The molecule has 0 radical (unpaired) electrons. The van der Waals surface area contributed by atoms with E-state index in [1.807, 2.05) is 11.3 Å². The van der Waals surface area contributed by atoms with Crippen LogP contribution in [0.5, 0.6) is 0 Å². The Morgan fingerprint density at radius 3 is 1.33 bits per heavy atom. The summed E-state index contributed by atoms with van der Waals surface area (Å²) in [5.41, 5.74) is 10.2. The maximum Gasteiger partial charge on any atom is 0.0434 e. The third-order valence-electron chi connectivity index (χ3n) is 9.09. The number of hydrogen-bond acceptors (Lipinski definition) is 1. The molecule has 0 bridgehead atoms. The Morgan fingerprint density at radius 1 is 0.289 bits per heavy atom. The zero-order valence-corrected chi connectivity index (χ0v) is 25.4. The lowest BCUT2D eigenvalue weighted by Gasteiger charge is -2.20. The van der Waals surface area contributed by atoms with Gasteiger partial charge >= 0.3 is 0 Å². The number of thiophene rings is 1. The predicted octanol–water partition coefficient (Wildman–Crippen LogP) is 13.0. The van der Waals surface area contributed by atoms with Gasteiger partial charge in [0.15, 0.2) is 0 Å². The van der Waals surface area contributed by atoms with Crippen molar-refractivity contribution in [3.05, 3.63) is 170 Å². The Morgan fingerprint density at radius 2 is 0.711 bits per heavy atom. The van der Waals surface area contributed by atoms with Crippen LogP contribution in [0.1, 0.15) is 0 Å². The summed E-state index contributed by atoms with van der Waals surface area (Å²) in [7, 11) is 0. The molecule has 9 rings (SSSR count). The molecule has 8 aromatic carbocycles. The topological polar surface area (TPSA) is 0 Å². The molecule has 0 saturated carbocycles. The molecule has 1 aromatic heterocycles. The van der Waals surface area contributed by atoms with Crippen LogP contribution in [0.4, 0.5) is 0 Å². The first kappa shape index (κ1) is 25.9. The van der Waals surface area contributed by atoms with E-state index in [0.717, 1.165) is 0 Å². The fourth-order valence-corrected chi connectivity index (χ4v) is 8.44. The lowest BCUT2D eigenvalue weighted by Crippen LogP contribution is -1.93. The molecule has 0 atom stereocenters. The van der Waals surface area contributed by atoms with Crippen molar-refractivity contribution in [2.24, 2.45) is 0 Å². The van der Waals surface area contributed by atoms with E-state index in [2.05, 4.69) is 170 Å². The molecule has 0 spiro atoms. The van der Waals surface area contributed by atoms with Crippen LogP contribution < -0.4 is 0 Å². The lowest BCUT2D eigenvalue weighted by atomic mass is 9.83. The maximum absolute atomic E-state index is 2.33. The molecule has 1 heterocycles. The molecule has 0 unspecified atom stereocenters. The second-order valence-corrected chi connectivity index (χ2v) is 12.6. The molecule has 210 valence electrons. The summed E-state index contributed by atoms with van der Waals surface area (Å²) in [4.78, 5) is 0. The fraction of sp³-hybridized carbons (Fsp3) is 0. The third-order valence-corrected chi connectivity index (χ3v) is 10.3. The Labute approximate surface area is 266 Å². The first-order chi connectivity index (χ1) is 22.4. The normalized spacial score (nSPS) is 11.6. The van der Waals surface area contributed by atoms with Crippen molar-refractivity contribution in [2.45, 2.75) is 0 Å². The van der Waals surface area contributed by atoms with Crippen LogP contribution in [0.15, 0.2) is 170 Å². The van der Waals surface area contributed by atoms with Gasteiger partial charge in [-0.2, -0.15) is 0 Å². The van der Waals surface area contributed by atoms with Gasteiger partial charge in [-0.15, -0.1) is 11.3 Å². The molecule has 0 nitrogen and oxygen atoms in total. The fourth-order valence-electron chi connectivity index (χ4n) is 7.18. The van der Waals surface area contributed by atoms with Gasteiger partial charge in [-0.05, 0) is 72.1 Å². The van der Waals surface area contributed by atoms with Crippen LogP contribution in [0.3, 0.4) is 0 Å². The molecule has 9 aromatic rings. The summed E-state index contributed by atoms with van der Waals surface area (Å²) in [6.07, 6.45) is 0. The highest BCUT2D eigenvalue weighted by atomic mass is 32.1. The van der Waals surface area contributed by atoms with Crippen molar-refractivity contribution in [1.29, 1.82) is 0 Å². The second-order valence-electron chi connectivity index (χ2n) is 11.6. The number of hydrogen-bond donors (Lipinski definition) is 0. The van der Waals surface area contributed by atoms with Crippen LogP contribution in [0, 0.1) is 0 Å². The quantitative estimate of drug-likeness (QED) is 0.179. The smallest absolute Gasteiger partial charge is 0.0434 e. The van der Waals surface area contributed by atoms with Gasteiger partial charge < -0.3 is 0 Å². The molecule has 0 amide bonds. The molecule has 1 heteroatoms. The van der Waals surface area contributed by atoms with Gasteiger partial charge in [0.1, 0.15) is 0 Å². The third kappa shape index (κ3) is 4.13. The van der Waals surface area contributed by atoms with E-state index in [1.165, 1.54) is 86.2 Å². The Bertz CT molecular complexity index is 2460. The van der Waals surface area contributed by atoms with Gasteiger partial charge in [0.05, 0.1) is 0 Å². The van der Waals surface area contributed by atoms with Crippen LogP contribution in [-0.4, -0.2) is 0 Å². The highest BCUT2D eigenvalue weighted by Gasteiger charge is 2.21. The van der Waals surface area contributed by atoms with Crippen LogP contribution in [-0.2, 0) is 0 Å². The summed E-state index contributed by atoms with van der Waals surface area (Å²) >= 11 is 1.90. The highest BCUT2D eigenvalue weighted by molar-refractivity contribution is 7.26. The maximum atomic E-state index is 2.33. The van der Waals surface area contributed by atoms with E-state index in [-0.39, 0.29) is 0 Å². The van der Waals surface area contributed by atoms with E-state index in [0.29, 0.717) is 0 Å². The van der Waals surface area contributed by atoms with Crippen molar-refractivity contribution in [3.63, 3.8) is 0 Å². The van der Waals surface area contributed by atoms with Gasteiger partial charge in [-0.3, -0.25) is 0 Å². The molecule has 0 aliphatic heterocycles. The van der Waals surface area contributed by atoms with Gasteiger partial charge in [0, 0.05) is 20.2 Å². The minimum Gasteiger partial charge on any atom is -0.135 e. The number of benzene rings is 8. The zero-order valence-electron chi connectivity index (χ0n) is 24.6. The monoisotopic (exact) mass is 588 g/mol. The van der Waals surface area contributed by atoms with Crippen molar-refractivity contribution < 1.29 is 0 Å². The lowest BCUT2D eigenvalue weighted by molar-refractivity contribution is 1.61. The molecule has 0 aliphatic carbocycles. The van der Waals surface area contributed by atoms with E-state index in [9.17, 15) is 0 Å². The van der Waals surface area contributed by atoms with E-state index >= 15 is 0 Å². The summed E-state index contributed by atoms with van der Waals surface area (Å²) in [6, 6.07) is 62.0. The van der Waals surface area contributed by atoms with Crippen molar-refractivity contribution >= 4 is 53.1 Å². The number of rotatable bonds is 4. The van der Waals surface area contributed by atoms with Crippen LogP contribution in [0.2, 0.25) is 0 Å². The molecular weight excluding hydrogens is 561 g/mol. The van der Waals surface area contributed by atoms with E-state index in [4.69, 9.17) is 0 Å². The molecule has 0 N–H and O–H groups in total. The minimum atomic E-state index is 1.23. The zero-order chi connectivity index (χ0) is 29.7. The average Bonchev–Trinajstić information content (AvgIpc) is 3.51. The standard InChI is InChI=1S/C44H28S/c1-3-15-29(16-4-1)31-19-7-8-20-33(31)41-34-21-9-11-23-36(34)42(37-24-12-10-22-35(37)41)38-26-14-28-40-43(38)39-27-13-25-32(44(39)45-40)30-17-5-2-6-18-30/h1-28H. The predicted molar refractivity (Wildman–Crippen MR) is 196 cm³/mol. The molecule has 0 saturated heterocycles. The van der Waals surface area contributed by atoms with Gasteiger partial charge in [-0.1, -0.05) is 164 Å². The van der Waals surface area contributed by atoms with Crippen LogP contribution >= 0.6 is 11.3 Å². The van der Waals surface area contributed by atoms with Crippen molar-refractivity contribution in [3.8, 4) is 44.5 Å².